The number of pyridine rings is 1. The molecule has 0 radical (unpaired) electrons. The normalized spacial score (nSPS) is 16.5. The van der Waals surface area contributed by atoms with Crippen molar-refractivity contribution in [2.45, 2.75) is 25.8 Å². The third-order valence-corrected chi connectivity index (χ3v) is 4.99. The first kappa shape index (κ1) is 18.1. The number of likely N-dealkylation sites (tertiary alicyclic amines) is 1. The summed E-state index contributed by atoms with van der Waals surface area (Å²) in [7, 11) is 1.55. The van der Waals surface area contributed by atoms with Gasteiger partial charge in [0.1, 0.15) is 11.5 Å². The summed E-state index contributed by atoms with van der Waals surface area (Å²) >= 11 is 0. The van der Waals surface area contributed by atoms with Crippen LogP contribution in [0.5, 0.6) is 0 Å². The highest BCUT2D eigenvalue weighted by atomic mass is 19.1. The fourth-order valence-electron chi connectivity index (χ4n) is 3.69. The van der Waals surface area contributed by atoms with Gasteiger partial charge >= 0.3 is 0 Å². The van der Waals surface area contributed by atoms with Gasteiger partial charge < -0.3 is 14.7 Å². The lowest BCUT2D eigenvalue weighted by Gasteiger charge is -2.23. The molecule has 7 nitrogen and oxygen atoms in total. The van der Waals surface area contributed by atoms with Crippen LogP contribution in [0.25, 0.3) is 11.1 Å². The molecule has 1 N–H and O–H groups in total. The smallest absolute Gasteiger partial charge is 0.259 e. The number of fused-ring (bicyclic) bond motifs is 1. The zero-order valence-corrected chi connectivity index (χ0v) is 15.5. The van der Waals surface area contributed by atoms with Gasteiger partial charge in [0, 0.05) is 24.8 Å². The Bertz CT molecular complexity index is 1060. The topological polar surface area (TPSA) is 88.3 Å². The van der Waals surface area contributed by atoms with E-state index in [0.717, 1.165) is 6.42 Å². The zero-order valence-electron chi connectivity index (χ0n) is 15.5. The van der Waals surface area contributed by atoms with Crippen molar-refractivity contribution < 1.29 is 18.5 Å². The summed E-state index contributed by atoms with van der Waals surface area (Å²) in [6, 6.07) is 6.80. The van der Waals surface area contributed by atoms with Crippen molar-refractivity contribution in [3.63, 3.8) is 0 Å². The Morgan fingerprint density at radius 1 is 1.29 bits per heavy atom. The number of hydrogen-bond donors (Lipinski definition) is 1. The number of amides is 2. The van der Waals surface area contributed by atoms with Crippen molar-refractivity contribution >= 4 is 22.9 Å². The molecule has 1 aromatic carbocycles. The second kappa shape index (κ2) is 7.03. The third kappa shape index (κ3) is 3.00. The van der Waals surface area contributed by atoms with E-state index in [4.69, 9.17) is 4.52 Å². The summed E-state index contributed by atoms with van der Waals surface area (Å²) in [5.74, 6) is -0.872. The summed E-state index contributed by atoms with van der Waals surface area (Å²) in [5, 5.41) is 7.31. The zero-order chi connectivity index (χ0) is 19.8. The first-order valence-corrected chi connectivity index (χ1v) is 9.05. The van der Waals surface area contributed by atoms with E-state index in [1.807, 2.05) is 0 Å². The molecule has 2 aromatic heterocycles. The number of nitrogens with zero attached hydrogens (tertiary/aromatic N) is 3. The number of benzene rings is 1. The first-order valence-electron chi connectivity index (χ1n) is 9.05. The van der Waals surface area contributed by atoms with Crippen molar-refractivity contribution in [3.05, 3.63) is 58.7 Å². The number of rotatable bonds is 3. The molecule has 1 aliphatic heterocycles. The van der Waals surface area contributed by atoms with Gasteiger partial charge in [-0.25, -0.2) is 9.37 Å². The van der Waals surface area contributed by atoms with E-state index in [9.17, 15) is 14.0 Å². The standard InChI is InChI=1S/C20H19FN4O3/c1-11-10-14(18(26)22-2)16-17(24-28-19(16)23-11)15-4-3-9-25(15)20(27)12-5-7-13(21)8-6-12/h5-8,10,15H,3-4,9H2,1-2H3,(H,22,26). The molecule has 3 heterocycles. The summed E-state index contributed by atoms with van der Waals surface area (Å²) in [6.07, 6.45) is 1.48. The van der Waals surface area contributed by atoms with E-state index in [1.165, 1.54) is 24.3 Å². The van der Waals surface area contributed by atoms with Crippen molar-refractivity contribution in [2.75, 3.05) is 13.6 Å². The SMILES string of the molecule is CNC(=O)c1cc(C)nc2onc(C3CCCN3C(=O)c3ccc(F)cc3)c12. The van der Waals surface area contributed by atoms with E-state index in [2.05, 4.69) is 15.5 Å². The summed E-state index contributed by atoms with van der Waals surface area (Å²) in [6.45, 7) is 2.32. The van der Waals surface area contributed by atoms with Crippen LogP contribution in [0, 0.1) is 12.7 Å². The molecule has 1 fully saturated rings. The van der Waals surface area contributed by atoms with Gasteiger partial charge in [0.2, 0.25) is 0 Å². The van der Waals surface area contributed by atoms with Gasteiger partial charge in [-0.15, -0.1) is 0 Å². The largest absolute Gasteiger partial charge is 0.355 e. The maximum absolute atomic E-state index is 13.2. The highest BCUT2D eigenvalue weighted by molar-refractivity contribution is 6.06. The minimum atomic E-state index is -0.395. The molecule has 0 bridgehead atoms. The lowest BCUT2D eigenvalue weighted by molar-refractivity contribution is 0.0731. The monoisotopic (exact) mass is 382 g/mol. The van der Waals surface area contributed by atoms with Gasteiger partial charge in [-0.1, -0.05) is 5.16 Å². The van der Waals surface area contributed by atoms with Crippen LogP contribution in [0.3, 0.4) is 0 Å². The van der Waals surface area contributed by atoms with Crippen LogP contribution >= 0.6 is 0 Å². The second-order valence-corrected chi connectivity index (χ2v) is 6.80. The van der Waals surface area contributed by atoms with Crippen LogP contribution in [-0.4, -0.2) is 40.4 Å². The number of halogens is 1. The fourth-order valence-corrected chi connectivity index (χ4v) is 3.69. The molecule has 4 rings (SSSR count). The Morgan fingerprint density at radius 2 is 2.04 bits per heavy atom. The summed E-state index contributed by atoms with van der Waals surface area (Å²) < 4.78 is 18.6. The molecule has 1 saturated heterocycles. The number of carbonyl (C=O) groups is 2. The van der Waals surface area contributed by atoms with Gasteiger partial charge in [0.05, 0.1) is 17.0 Å². The molecule has 1 atom stereocenters. The second-order valence-electron chi connectivity index (χ2n) is 6.80. The van der Waals surface area contributed by atoms with Crippen LogP contribution in [0.4, 0.5) is 4.39 Å². The molecular weight excluding hydrogens is 363 g/mol. The molecule has 0 saturated carbocycles. The predicted molar refractivity (Wildman–Crippen MR) is 99.3 cm³/mol. The van der Waals surface area contributed by atoms with Crippen molar-refractivity contribution in [2.24, 2.45) is 0 Å². The Labute approximate surface area is 160 Å². The molecule has 28 heavy (non-hydrogen) atoms. The lowest BCUT2D eigenvalue weighted by atomic mass is 10.0. The Hall–Kier alpha value is -3.29. The lowest BCUT2D eigenvalue weighted by Crippen LogP contribution is -2.31. The Balaban J connectivity index is 1.77. The van der Waals surface area contributed by atoms with E-state index in [1.54, 1.807) is 24.9 Å². The number of carbonyl (C=O) groups excluding carboxylic acids is 2. The van der Waals surface area contributed by atoms with Crippen LogP contribution in [-0.2, 0) is 0 Å². The van der Waals surface area contributed by atoms with Crippen molar-refractivity contribution in [1.82, 2.24) is 20.4 Å². The van der Waals surface area contributed by atoms with Gasteiger partial charge in [-0.2, -0.15) is 0 Å². The molecule has 0 spiro atoms. The van der Waals surface area contributed by atoms with E-state index >= 15 is 0 Å². The Kier molecular flexibility index (Phi) is 4.54. The average molecular weight is 382 g/mol. The average Bonchev–Trinajstić information content (AvgIpc) is 3.33. The fraction of sp³-hybridized carbons (Fsp3) is 0.300. The molecule has 1 unspecified atom stereocenters. The quantitative estimate of drug-likeness (QED) is 0.752. The van der Waals surface area contributed by atoms with Crippen LogP contribution in [0.15, 0.2) is 34.9 Å². The first-order chi connectivity index (χ1) is 13.5. The summed E-state index contributed by atoms with van der Waals surface area (Å²) in [4.78, 5) is 31.4. The highest BCUT2D eigenvalue weighted by Gasteiger charge is 2.35. The van der Waals surface area contributed by atoms with E-state index in [-0.39, 0.29) is 23.6 Å². The van der Waals surface area contributed by atoms with Gasteiger partial charge in [0.25, 0.3) is 17.5 Å². The maximum atomic E-state index is 13.2. The number of aromatic nitrogens is 2. The Morgan fingerprint density at radius 3 is 2.75 bits per heavy atom. The molecular formula is C20H19FN4O3. The van der Waals surface area contributed by atoms with Crippen LogP contribution in [0.1, 0.15) is 51.0 Å². The molecule has 3 aromatic rings. The minimum Gasteiger partial charge on any atom is -0.355 e. The van der Waals surface area contributed by atoms with Gasteiger partial charge in [-0.05, 0) is 50.1 Å². The molecule has 144 valence electrons. The van der Waals surface area contributed by atoms with E-state index in [0.29, 0.717) is 40.9 Å². The molecule has 8 heteroatoms. The van der Waals surface area contributed by atoms with Gasteiger partial charge in [-0.3, -0.25) is 9.59 Å². The van der Waals surface area contributed by atoms with Crippen molar-refractivity contribution in [3.8, 4) is 0 Å². The number of nitrogens with one attached hydrogen (secondary N) is 1. The molecule has 0 aliphatic carbocycles. The molecule has 1 aliphatic rings. The predicted octanol–water partition coefficient (Wildman–Crippen LogP) is 3.01. The maximum Gasteiger partial charge on any atom is 0.259 e. The number of aryl methyl sites for hydroxylation is 1. The van der Waals surface area contributed by atoms with Crippen molar-refractivity contribution in [1.29, 1.82) is 0 Å². The molecule has 2 amide bonds. The van der Waals surface area contributed by atoms with Gasteiger partial charge in [0.15, 0.2) is 0 Å². The third-order valence-electron chi connectivity index (χ3n) is 4.99. The van der Waals surface area contributed by atoms with Crippen LogP contribution in [0.2, 0.25) is 0 Å². The summed E-state index contributed by atoms with van der Waals surface area (Å²) in [5.41, 5.74) is 2.26. The van der Waals surface area contributed by atoms with E-state index < -0.39 is 5.82 Å². The van der Waals surface area contributed by atoms with Crippen LogP contribution < -0.4 is 5.32 Å². The minimum absolute atomic E-state index is 0.208. The number of hydrogen-bond acceptors (Lipinski definition) is 5. The highest BCUT2D eigenvalue weighted by Crippen LogP contribution is 2.37.